The molecule has 0 saturated heterocycles. The minimum absolute atomic E-state index is 0.122. The van der Waals surface area contributed by atoms with Crippen molar-refractivity contribution in [1.82, 2.24) is 15.0 Å². The highest BCUT2D eigenvalue weighted by atomic mass is 16.6. The van der Waals surface area contributed by atoms with Gasteiger partial charge in [0.05, 0.1) is 11.1 Å². The van der Waals surface area contributed by atoms with Gasteiger partial charge < -0.3 is 9.64 Å². The number of nitro groups is 1. The lowest BCUT2D eigenvalue weighted by Crippen LogP contribution is -2.19. The van der Waals surface area contributed by atoms with Gasteiger partial charge in [0.25, 0.3) is 0 Å². The lowest BCUT2D eigenvalue weighted by molar-refractivity contribution is -0.385. The molecule has 0 aliphatic carbocycles. The predicted molar refractivity (Wildman–Crippen MR) is 91.5 cm³/mol. The lowest BCUT2D eigenvalue weighted by Gasteiger charge is -2.18. The number of nitrogens with zero attached hydrogens (tertiary/aromatic N) is 5. The van der Waals surface area contributed by atoms with Crippen molar-refractivity contribution in [3.63, 3.8) is 0 Å². The van der Waals surface area contributed by atoms with E-state index in [0.717, 1.165) is 5.56 Å². The molecule has 2 heterocycles. The smallest absolute Gasteiger partial charge is 0.373 e. The van der Waals surface area contributed by atoms with E-state index in [1.54, 1.807) is 30.3 Å². The maximum atomic E-state index is 11.6. The fourth-order valence-electron chi connectivity index (χ4n) is 2.32. The first kappa shape index (κ1) is 16.3. The van der Waals surface area contributed by atoms with Crippen LogP contribution in [0.5, 0.6) is 11.6 Å². The average Bonchev–Trinajstić information content (AvgIpc) is 2.63. The Labute approximate surface area is 143 Å². The van der Waals surface area contributed by atoms with Crippen LogP contribution in [0, 0.1) is 10.1 Å². The molecule has 0 aliphatic rings. The second kappa shape index (κ2) is 7.35. The van der Waals surface area contributed by atoms with Crippen molar-refractivity contribution in [1.29, 1.82) is 0 Å². The summed E-state index contributed by atoms with van der Waals surface area (Å²) < 4.78 is 5.53. The van der Waals surface area contributed by atoms with Crippen LogP contribution < -0.4 is 9.64 Å². The summed E-state index contributed by atoms with van der Waals surface area (Å²) in [4.78, 5) is 24.7. The monoisotopic (exact) mass is 337 g/mol. The molecule has 0 aliphatic heterocycles. The molecule has 2 aromatic heterocycles. The van der Waals surface area contributed by atoms with E-state index >= 15 is 0 Å². The summed E-state index contributed by atoms with van der Waals surface area (Å²) in [5.41, 5.74) is 0.720. The highest BCUT2D eigenvalue weighted by Gasteiger charge is 2.27. The topological polar surface area (TPSA) is 94.3 Å². The second-order valence-electron chi connectivity index (χ2n) is 5.24. The van der Waals surface area contributed by atoms with Gasteiger partial charge in [0.1, 0.15) is 12.1 Å². The number of anilines is 1. The van der Waals surface area contributed by atoms with Crippen molar-refractivity contribution in [2.24, 2.45) is 0 Å². The molecule has 3 rings (SSSR count). The van der Waals surface area contributed by atoms with Crippen molar-refractivity contribution in [2.75, 3.05) is 11.9 Å². The fourth-order valence-corrected chi connectivity index (χ4v) is 2.32. The van der Waals surface area contributed by atoms with Crippen LogP contribution in [0.2, 0.25) is 0 Å². The number of aromatic nitrogens is 3. The highest BCUT2D eigenvalue weighted by molar-refractivity contribution is 5.63. The molecule has 0 saturated carbocycles. The second-order valence-corrected chi connectivity index (χ2v) is 5.24. The van der Waals surface area contributed by atoms with Gasteiger partial charge in [0.2, 0.25) is 5.82 Å². The minimum Gasteiger partial charge on any atom is -0.432 e. The summed E-state index contributed by atoms with van der Waals surface area (Å²) in [7, 11) is 1.73. The molecule has 8 heteroatoms. The van der Waals surface area contributed by atoms with Gasteiger partial charge in [-0.15, -0.1) is 0 Å². The van der Waals surface area contributed by atoms with Crippen molar-refractivity contribution >= 4 is 11.5 Å². The van der Waals surface area contributed by atoms with Gasteiger partial charge in [-0.25, -0.2) is 4.98 Å². The molecule has 3 aromatic rings. The van der Waals surface area contributed by atoms with E-state index in [9.17, 15) is 10.1 Å². The Morgan fingerprint density at radius 1 is 1.16 bits per heavy atom. The Kier molecular flexibility index (Phi) is 4.79. The molecule has 0 fully saturated rings. The molecule has 8 nitrogen and oxygen atoms in total. The molecule has 126 valence electrons. The van der Waals surface area contributed by atoms with E-state index in [0.29, 0.717) is 12.3 Å². The zero-order valence-electron chi connectivity index (χ0n) is 13.4. The van der Waals surface area contributed by atoms with Crippen molar-refractivity contribution in [3.05, 3.63) is 76.9 Å². The Hall–Kier alpha value is -3.55. The maximum Gasteiger partial charge on any atom is 0.373 e. The Morgan fingerprint density at radius 3 is 2.64 bits per heavy atom. The number of rotatable bonds is 6. The summed E-state index contributed by atoms with van der Waals surface area (Å²) in [6.07, 6.45) is 4.29. The van der Waals surface area contributed by atoms with Crippen molar-refractivity contribution < 1.29 is 9.66 Å². The molecule has 0 bridgehead atoms. The molecule has 0 amide bonds. The Morgan fingerprint density at radius 2 is 1.96 bits per heavy atom. The van der Waals surface area contributed by atoms with E-state index in [2.05, 4.69) is 15.0 Å². The van der Waals surface area contributed by atoms with Gasteiger partial charge in [-0.05, 0) is 17.7 Å². The Balaban J connectivity index is 1.93. The SMILES string of the molecule is CN(Cc1ccccc1)c1ncnc(Oc2cccnc2)c1[N+](=O)[O-]. The average molecular weight is 337 g/mol. The predicted octanol–water partition coefficient (Wildman–Crippen LogP) is 3.21. The summed E-state index contributed by atoms with van der Waals surface area (Å²) >= 11 is 0. The van der Waals surface area contributed by atoms with Crippen LogP contribution in [-0.2, 0) is 6.54 Å². The third-order valence-electron chi connectivity index (χ3n) is 3.43. The van der Waals surface area contributed by atoms with Gasteiger partial charge in [-0.3, -0.25) is 15.1 Å². The molecular formula is C17H15N5O3. The van der Waals surface area contributed by atoms with Crippen LogP contribution in [-0.4, -0.2) is 26.9 Å². The van der Waals surface area contributed by atoms with Crippen LogP contribution in [0.3, 0.4) is 0 Å². The van der Waals surface area contributed by atoms with Crippen LogP contribution in [0.25, 0.3) is 0 Å². The van der Waals surface area contributed by atoms with Gasteiger partial charge in [-0.2, -0.15) is 4.98 Å². The van der Waals surface area contributed by atoms with Gasteiger partial charge in [0.15, 0.2) is 0 Å². The number of hydrogen-bond donors (Lipinski definition) is 0. The molecule has 25 heavy (non-hydrogen) atoms. The van der Waals surface area contributed by atoms with Crippen LogP contribution >= 0.6 is 0 Å². The van der Waals surface area contributed by atoms with E-state index in [-0.39, 0.29) is 17.4 Å². The molecule has 0 atom stereocenters. The number of ether oxygens (including phenoxy) is 1. The van der Waals surface area contributed by atoms with E-state index in [4.69, 9.17) is 4.74 Å². The first-order chi connectivity index (χ1) is 12.1. The minimum atomic E-state index is -0.539. The fraction of sp³-hybridized carbons (Fsp3) is 0.118. The molecule has 0 N–H and O–H groups in total. The number of benzene rings is 1. The molecule has 0 unspecified atom stereocenters. The van der Waals surface area contributed by atoms with Crippen molar-refractivity contribution in [3.8, 4) is 11.6 Å². The van der Waals surface area contributed by atoms with Crippen LogP contribution in [0.4, 0.5) is 11.5 Å². The van der Waals surface area contributed by atoms with E-state index in [1.807, 2.05) is 30.3 Å². The Bertz CT molecular complexity index is 859. The van der Waals surface area contributed by atoms with Gasteiger partial charge >= 0.3 is 11.6 Å². The first-order valence-electron chi connectivity index (χ1n) is 7.47. The highest BCUT2D eigenvalue weighted by Crippen LogP contribution is 2.35. The quantitative estimate of drug-likeness (QED) is 0.503. The first-order valence-corrected chi connectivity index (χ1v) is 7.47. The van der Waals surface area contributed by atoms with E-state index < -0.39 is 4.92 Å². The third kappa shape index (κ3) is 3.86. The molecule has 0 radical (unpaired) electrons. The standard InChI is InChI=1S/C17H15N5O3/c1-21(11-13-6-3-2-4-7-13)16-15(22(23)24)17(20-12-19-16)25-14-8-5-9-18-10-14/h2-10,12H,11H2,1H3. The zero-order chi connectivity index (χ0) is 17.6. The summed E-state index contributed by atoms with van der Waals surface area (Å²) in [5.74, 6) is 0.423. The normalized spacial score (nSPS) is 10.3. The number of pyridine rings is 1. The molecular weight excluding hydrogens is 322 g/mol. The maximum absolute atomic E-state index is 11.6. The van der Waals surface area contributed by atoms with E-state index in [1.165, 1.54) is 12.5 Å². The summed E-state index contributed by atoms with van der Waals surface area (Å²) in [5, 5.41) is 11.6. The zero-order valence-corrected chi connectivity index (χ0v) is 13.4. The summed E-state index contributed by atoms with van der Waals surface area (Å²) in [6.45, 7) is 0.463. The van der Waals surface area contributed by atoms with Crippen LogP contribution in [0.15, 0.2) is 61.2 Å². The molecule has 0 spiro atoms. The molecule has 1 aromatic carbocycles. The lowest BCUT2D eigenvalue weighted by atomic mass is 10.2. The third-order valence-corrected chi connectivity index (χ3v) is 3.43. The number of hydrogen-bond acceptors (Lipinski definition) is 7. The van der Waals surface area contributed by atoms with Gasteiger partial charge in [-0.1, -0.05) is 30.3 Å². The van der Waals surface area contributed by atoms with Crippen LogP contribution in [0.1, 0.15) is 5.56 Å². The summed E-state index contributed by atoms with van der Waals surface area (Å²) in [6, 6.07) is 12.9. The van der Waals surface area contributed by atoms with Gasteiger partial charge in [0, 0.05) is 19.8 Å². The van der Waals surface area contributed by atoms with Crippen molar-refractivity contribution in [2.45, 2.75) is 6.54 Å². The largest absolute Gasteiger partial charge is 0.432 e.